The van der Waals surface area contributed by atoms with Gasteiger partial charge in [0, 0.05) is 25.2 Å². The summed E-state index contributed by atoms with van der Waals surface area (Å²) >= 11 is 0. The third-order valence-electron chi connectivity index (χ3n) is 3.45. The van der Waals surface area contributed by atoms with Crippen LogP contribution in [0.25, 0.3) is 12.2 Å². The molecule has 1 rings (SSSR count). The highest BCUT2D eigenvalue weighted by Crippen LogP contribution is 2.07. The standard InChI is InChI=1S/C20H28N2O2/c1-3-5-15-21-19(23)13-11-17-7-9-18(10-8-17)12-14-20(24)22-16-6-4-2/h7-14H,3-6,15-16H2,1-2H3,(H,21,23)(H,22,24)/b13-11+,14-12+. The Morgan fingerprint density at radius 3 is 1.50 bits per heavy atom. The van der Waals surface area contributed by atoms with E-state index in [4.69, 9.17) is 0 Å². The molecule has 0 aromatic heterocycles. The zero-order valence-electron chi connectivity index (χ0n) is 14.7. The molecule has 0 fully saturated rings. The van der Waals surface area contributed by atoms with Crippen molar-refractivity contribution in [2.24, 2.45) is 0 Å². The molecule has 0 saturated heterocycles. The fourth-order valence-corrected chi connectivity index (χ4v) is 1.96. The van der Waals surface area contributed by atoms with Crippen molar-refractivity contribution in [1.29, 1.82) is 0 Å². The highest BCUT2D eigenvalue weighted by molar-refractivity contribution is 5.92. The highest BCUT2D eigenvalue weighted by atomic mass is 16.2. The molecule has 0 aliphatic carbocycles. The van der Waals surface area contributed by atoms with E-state index < -0.39 is 0 Å². The molecule has 0 radical (unpaired) electrons. The quantitative estimate of drug-likeness (QED) is 0.510. The Hall–Kier alpha value is -2.36. The molecule has 0 heterocycles. The van der Waals surface area contributed by atoms with Crippen molar-refractivity contribution < 1.29 is 9.59 Å². The third kappa shape index (κ3) is 8.93. The predicted molar refractivity (Wildman–Crippen MR) is 100 cm³/mol. The summed E-state index contributed by atoms with van der Waals surface area (Å²) in [5, 5.41) is 5.68. The molecule has 0 aliphatic rings. The first-order valence-electron chi connectivity index (χ1n) is 8.67. The van der Waals surface area contributed by atoms with Gasteiger partial charge < -0.3 is 10.6 Å². The van der Waals surface area contributed by atoms with Crippen LogP contribution < -0.4 is 10.6 Å². The van der Waals surface area contributed by atoms with Crippen molar-refractivity contribution in [3.63, 3.8) is 0 Å². The van der Waals surface area contributed by atoms with Gasteiger partial charge in [-0.1, -0.05) is 51.0 Å². The maximum Gasteiger partial charge on any atom is 0.243 e. The summed E-state index contributed by atoms with van der Waals surface area (Å²) in [5.41, 5.74) is 1.90. The van der Waals surface area contributed by atoms with Gasteiger partial charge >= 0.3 is 0 Å². The number of hydrogen-bond donors (Lipinski definition) is 2. The van der Waals surface area contributed by atoms with Crippen LogP contribution in [0.4, 0.5) is 0 Å². The Morgan fingerprint density at radius 2 is 1.17 bits per heavy atom. The fraction of sp³-hybridized carbons (Fsp3) is 0.400. The van der Waals surface area contributed by atoms with Crippen LogP contribution in [0.5, 0.6) is 0 Å². The van der Waals surface area contributed by atoms with E-state index in [9.17, 15) is 9.59 Å². The largest absolute Gasteiger partial charge is 0.353 e. The zero-order valence-corrected chi connectivity index (χ0v) is 14.7. The van der Waals surface area contributed by atoms with Gasteiger partial charge in [0.05, 0.1) is 0 Å². The summed E-state index contributed by atoms with van der Waals surface area (Å²) in [4.78, 5) is 23.2. The number of unbranched alkanes of at least 4 members (excludes halogenated alkanes) is 2. The molecule has 2 amide bonds. The molecule has 1 aromatic carbocycles. The number of hydrogen-bond acceptors (Lipinski definition) is 2. The van der Waals surface area contributed by atoms with E-state index >= 15 is 0 Å². The third-order valence-corrected chi connectivity index (χ3v) is 3.45. The molecule has 0 saturated carbocycles. The molecule has 24 heavy (non-hydrogen) atoms. The Balaban J connectivity index is 2.45. The Kier molecular flexibility index (Phi) is 9.93. The SMILES string of the molecule is CCCCNC(=O)/C=C/c1ccc(/C=C/C(=O)NCCCC)cc1. The lowest BCUT2D eigenvalue weighted by atomic mass is 10.1. The van der Waals surface area contributed by atoms with Crippen LogP contribution in [-0.4, -0.2) is 24.9 Å². The van der Waals surface area contributed by atoms with Crippen LogP contribution in [0.2, 0.25) is 0 Å². The minimum atomic E-state index is -0.0730. The van der Waals surface area contributed by atoms with Gasteiger partial charge in [-0.25, -0.2) is 0 Å². The molecular weight excluding hydrogens is 300 g/mol. The molecule has 2 N–H and O–H groups in total. The second kappa shape index (κ2) is 12.1. The van der Waals surface area contributed by atoms with Crippen LogP contribution in [0.3, 0.4) is 0 Å². The van der Waals surface area contributed by atoms with E-state index in [1.165, 1.54) is 0 Å². The number of amides is 2. The Labute approximate surface area is 145 Å². The summed E-state index contributed by atoms with van der Waals surface area (Å²) in [6, 6.07) is 7.68. The first kappa shape index (κ1) is 19.7. The summed E-state index contributed by atoms with van der Waals surface area (Å²) < 4.78 is 0. The lowest BCUT2D eigenvalue weighted by Gasteiger charge is -2.00. The molecule has 4 nitrogen and oxygen atoms in total. The van der Waals surface area contributed by atoms with Gasteiger partial charge in [0.25, 0.3) is 0 Å². The molecule has 0 aliphatic heterocycles. The van der Waals surface area contributed by atoms with Crippen molar-refractivity contribution >= 4 is 24.0 Å². The molecule has 130 valence electrons. The van der Waals surface area contributed by atoms with Crippen molar-refractivity contribution in [3.05, 3.63) is 47.5 Å². The zero-order chi connectivity index (χ0) is 17.6. The van der Waals surface area contributed by atoms with Gasteiger partial charge in [-0.3, -0.25) is 9.59 Å². The normalized spacial score (nSPS) is 11.1. The van der Waals surface area contributed by atoms with Crippen LogP contribution in [-0.2, 0) is 9.59 Å². The lowest BCUT2D eigenvalue weighted by molar-refractivity contribution is -0.117. The van der Waals surface area contributed by atoms with Crippen molar-refractivity contribution in [2.45, 2.75) is 39.5 Å². The van der Waals surface area contributed by atoms with Gasteiger partial charge in [0.15, 0.2) is 0 Å². The lowest BCUT2D eigenvalue weighted by Crippen LogP contribution is -2.21. The van der Waals surface area contributed by atoms with E-state index in [2.05, 4.69) is 24.5 Å². The molecule has 0 unspecified atom stereocenters. The second-order valence-corrected chi connectivity index (χ2v) is 5.62. The van der Waals surface area contributed by atoms with Gasteiger partial charge in [0.1, 0.15) is 0 Å². The summed E-state index contributed by atoms with van der Waals surface area (Å²) in [5.74, 6) is -0.146. The smallest absolute Gasteiger partial charge is 0.243 e. The average molecular weight is 328 g/mol. The maximum absolute atomic E-state index is 11.6. The average Bonchev–Trinajstić information content (AvgIpc) is 2.59. The van der Waals surface area contributed by atoms with Crippen LogP contribution in [0.15, 0.2) is 36.4 Å². The molecule has 4 heteroatoms. The Morgan fingerprint density at radius 1 is 0.792 bits per heavy atom. The number of nitrogens with one attached hydrogen (secondary N) is 2. The summed E-state index contributed by atoms with van der Waals surface area (Å²) in [7, 11) is 0. The van der Waals surface area contributed by atoms with Crippen LogP contribution in [0, 0.1) is 0 Å². The van der Waals surface area contributed by atoms with Gasteiger partial charge in [0.2, 0.25) is 11.8 Å². The van der Waals surface area contributed by atoms with Gasteiger partial charge in [-0.05, 0) is 36.1 Å². The molecule has 1 aromatic rings. The minimum Gasteiger partial charge on any atom is -0.353 e. The summed E-state index contributed by atoms with van der Waals surface area (Å²) in [6.45, 7) is 5.60. The minimum absolute atomic E-state index is 0.0730. The fourth-order valence-electron chi connectivity index (χ4n) is 1.96. The first-order chi connectivity index (χ1) is 11.7. The molecule has 0 atom stereocenters. The van der Waals surface area contributed by atoms with Gasteiger partial charge in [-0.2, -0.15) is 0 Å². The number of rotatable bonds is 10. The molecule has 0 spiro atoms. The monoisotopic (exact) mass is 328 g/mol. The van der Waals surface area contributed by atoms with Crippen molar-refractivity contribution in [2.75, 3.05) is 13.1 Å². The topological polar surface area (TPSA) is 58.2 Å². The van der Waals surface area contributed by atoms with E-state index in [1.807, 2.05) is 24.3 Å². The Bertz CT molecular complexity index is 509. The van der Waals surface area contributed by atoms with E-state index in [0.29, 0.717) is 13.1 Å². The van der Waals surface area contributed by atoms with Crippen molar-refractivity contribution in [3.8, 4) is 0 Å². The first-order valence-corrected chi connectivity index (χ1v) is 8.67. The van der Waals surface area contributed by atoms with Crippen LogP contribution in [0.1, 0.15) is 50.7 Å². The number of benzene rings is 1. The second-order valence-electron chi connectivity index (χ2n) is 5.62. The van der Waals surface area contributed by atoms with E-state index in [-0.39, 0.29) is 11.8 Å². The molecule has 0 bridgehead atoms. The maximum atomic E-state index is 11.6. The molecular formula is C20H28N2O2. The number of carbonyl (C=O) groups excluding carboxylic acids is 2. The predicted octanol–water partition coefficient (Wildman–Crippen LogP) is 3.55. The van der Waals surface area contributed by atoms with E-state index in [1.54, 1.807) is 24.3 Å². The van der Waals surface area contributed by atoms with Crippen LogP contribution >= 0.6 is 0 Å². The number of carbonyl (C=O) groups is 2. The van der Waals surface area contributed by atoms with Crippen molar-refractivity contribution in [1.82, 2.24) is 10.6 Å². The van der Waals surface area contributed by atoms with E-state index in [0.717, 1.165) is 36.8 Å². The summed E-state index contributed by atoms with van der Waals surface area (Å²) in [6.07, 6.45) is 10.8. The highest BCUT2D eigenvalue weighted by Gasteiger charge is 1.96. The van der Waals surface area contributed by atoms with Gasteiger partial charge in [-0.15, -0.1) is 0 Å².